The van der Waals surface area contributed by atoms with Crippen LogP contribution in [0.3, 0.4) is 0 Å². The van der Waals surface area contributed by atoms with Crippen LogP contribution >= 0.6 is 0 Å². The summed E-state index contributed by atoms with van der Waals surface area (Å²) in [5.41, 5.74) is 2.21. The number of ether oxygens (including phenoxy) is 1. The topological polar surface area (TPSA) is 49.8 Å². The summed E-state index contributed by atoms with van der Waals surface area (Å²) in [6, 6.07) is 7.80. The Morgan fingerprint density at radius 2 is 2.18 bits per heavy atom. The molecule has 0 saturated carbocycles. The van der Waals surface area contributed by atoms with E-state index >= 15 is 0 Å². The van der Waals surface area contributed by atoms with Crippen LogP contribution in [0.2, 0.25) is 0 Å². The Labute approximate surface area is 100 Å². The molecule has 0 radical (unpaired) electrons. The highest BCUT2D eigenvalue weighted by Gasteiger charge is 2.18. The molecule has 4 nitrogen and oxygen atoms in total. The molecule has 0 bridgehead atoms. The number of para-hydroxylation sites is 1. The van der Waals surface area contributed by atoms with Gasteiger partial charge in [-0.15, -0.1) is 0 Å². The second-order valence-electron chi connectivity index (χ2n) is 3.91. The molecule has 0 fully saturated rings. The van der Waals surface area contributed by atoms with Crippen molar-refractivity contribution in [3.05, 3.63) is 35.9 Å². The van der Waals surface area contributed by atoms with Gasteiger partial charge in [0.25, 0.3) is 0 Å². The predicted molar refractivity (Wildman–Crippen MR) is 65.2 cm³/mol. The summed E-state index contributed by atoms with van der Waals surface area (Å²) in [5.74, 6) is 0.836. The third-order valence-electron chi connectivity index (χ3n) is 2.93. The molecule has 17 heavy (non-hydrogen) atoms. The van der Waals surface area contributed by atoms with Gasteiger partial charge < -0.3 is 14.7 Å². The number of rotatable bonds is 2. The standard InChI is InChI=1S/C13H15NO3/c1-17-12-5-3-2-4-11(12)10-6-8-14(9-7-10)13(15)16/h2-6H,7-9H2,1H3,(H,15,16). The van der Waals surface area contributed by atoms with E-state index in [4.69, 9.17) is 9.84 Å². The van der Waals surface area contributed by atoms with Crippen molar-refractivity contribution in [2.75, 3.05) is 20.2 Å². The molecule has 0 atom stereocenters. The molecule has 2 rings (SSSR count). The van der Waals surface area contributed by atoms with E-state index in [1.165, 1.54) is 4.90 Å². The van der Waals surface area contributed by atoms with E-state index in [-0.39, 0.29) is 0 Å². The van der Waals surface area contributed by atoms with Gasteiger partial charge in [0.1, 0.15) is 5.75 Å². The molecule has 0 aliphatic carbocycles. The summed E-state index contributed by atoms with van der Waals surface area (Å²) in [5, 5.41) is 8.87. The highest BCUT2D eigenvalue weighted by molar-refractivity contribution is 5.74. The molecule has 1 heterocycles. The van der Waals surface area contributed by atoms with Crippen molar-refractivity contribution in [3.63, 3.8) is 0 Å². The summed E-state index contributed by atoms with van der Waals surface area (Å²) in [6.07, 6.45) is 1.82. The average molecular weight is 233 g/mol. The van der Waals surface area contributed by atoms with Gasteiger partial charge in [0.2, 0.25) is 0 Å². The smallest absolute Gasteiger partial charge is 0.407 e. The molecular weight excluding hydrogens is 218 g/mol. The number of hydrogen-bond acceptors (Lipinski definition) is 2. The Kier molecular flexibility index (Phi) is 3.32. The fraction of sp³-hybridized carbons (Fsp3) is 0.308. The Morgan fingerprint density at radius 1 is 1.41 bits per heavy atom. The van der Waals surface area contributed by atoms with Crippen molar-refractivity contribution in [1.29, 1.82) is 0 Å². The first-order valence-corrected chi connectivity index (χ1v) is 5.52. The van der Waals surface area contributed by atoms with Crippen LogP contribution < -0.4 is 4.74 Å². The van der Waals surface area contributed by atoms with Gasteiger partial charge in [0, 0.05) is 18.7 Å². The van der Waals surface area contributed by atoms with E-state index in [0.717, 1.165) is 23.3 Å². The van der Waals surface area contributed by atoms with Gasteiger partial charge in [-0.05, 0) is 18.1 Å². The maximum atomic E-state index is 10.8. The lowest BCUT2D eigenvalue weighted by Crippen LogP contribution is -2.33. The normalized spacial score (nSPS) is 15.4. The van der Waals surface area contributed by atoms with Crippen molar-refractivity contribution in [1.82, 2.24) is 4.90 Å². The fourth-order valence-corrected chi connectivity index (χ4v) is 2.00. The lowest BCUT2D eigenvalue weighted by molar-refractivity contribution is 0.150. The second-order valence-corrected chi connectivity index (χ2v) is 3.91. The quantitative estimate of drug-likeness (QED) is 0.853. The summed E-state index contributed by atoms with van der Waals surface area (Å²) >= 11 is 0. The van der Waals surface area contributed by atoms with Gasteiger partial charge in [-0.25, -0.2) is 4.79 Å². The van der Waals surface area contributed by atoms with Gasteiger partial charge >= 0.3 is 6.09 Å². The van der Waals surface area contributed by atoms with Crippen LogP contribution in [-0.2, 0) is 0 Å². The van der Waals surface area contributed by atoms with Crippen LogP contribution in [0.4, 0.5) is 4.79 Å². The van der Waals surface area contributed by atoms with Crippen molar-refractivity contribution in [3.8, 4) is 5.75 Å². The summed E-state index contributed by atoms with van der Waals surface area (Å²) < 4.78 is 5.30. The van der Waals surface area contributed by atoms with Crippen molar-refractivity contribution in [2.24, 2.45) is 0 Å². The molecule has 0 saturated heterocycles. The molecule has 4 heteroatoms. The SMILES string of the molecule is COc1ccccc1C1=CCN(C(=O)O)CC1. The zero-order valence-electron chi connectivity index (χ0n) is 9.72. The number of carboxylic acid groups (broad SMARTS) is 1. The van der Waals surface area contributed by atoms with Crippen molar-refractivity contribution >= 4 is 11.7 Å². The minimum Gasteiger partial charge on any atom is -0.496 e. The van der Waals surface area contributed by atoms with Gasteiger partial charge in [0.15, 0.2) is 0 Å². The van der Waals surface area contributed by atoms with Crippen LogP contribution in [0.1, 0.15) is 12.0 Å². The molecule has 1 aliphatic heterocycles. The maximum absolute atomic E-state index is 10.8. The van der Waals surface area contributed by atoms with Crippen LogP contribution in [0.5, 0.6) is 5.75 Å². The summed E-state index contributed by atoms with van der Waals surface area (Å²) in [6.45, 7) is 0.988. The van der Waals surface area contributed by atoms with Gasteiger partial charge in [-0.1, -0.05) is 24.3 Å². The average Bonchev–Trinajstić information content (AvgIpc) is 2.39. The Bertz CT molecular complexity index is 454. The predicted octanol–water partition coefficient (Wildman–Crippen LogP) is 2.46. The Balaban J connectivity index is 2.22. The van der Waals surface area contributed by atoms with E-state index in [1.807, 2.05) is 30.3 Å². The van der Waals surface area contributed by atoms with Crippen molar-refractivity contribution < 1.29 is 14.6 Å². The molecule has 0 unspecified atom stereocenters. The molecule has 1 amide bonds. The monoisotopic (exact) mass is 233 g/mol. The van der Waals surface area contributed by atoms with E-state index < -0.39 is 6.09 Å². The molecule has 1 aromatic rings. The van der Waals surface area contributed by atoms with Crippen LogP contribution in [0, 0.1) is 0 Å². The molecular formula is C13H15NO3. The van der Waals surface area contributed by atoms with E-state index in [9.17, 15) is 4.79 Å². The molecule has 0 spiro atoms. The third-order valence-corrected chi connectivity index (χ3v) is 2.93. The highest BCUT2D eigenvalue weighted by Crippen LogP contribution is 2.29. The number of methoxy groups -OCH3 is 1. The van der Waals surface area contributed by atoms with E-state index in [0.29, 0.717) is 13.1 Å². The lowest BCUT2D eigenvalue weighted by Gasteiger charge is -2.24. The van der Waals surface area contributed by atoms with Crippen molar-refractivity contribution in [2.45, 2.75) is 6.42 Å². The first-order valence-electron chi connectivity index (χ1n) is 5.52. The molecule has 1 aliphatic rings. The zero-order chi connectivity index (χ0) is 12.3. The van der Waals surface area contributed by atoms with Gasteiger partial charge in [0.05, 0.1) is 7.11 Å². The molecule has 1 N–H and O–H groups in total. The fourth-order valence-electron chi connectivity index (χ4n) is 2.00. The number of amides is 1. The minimum atomic E-state index is -0.861. The molecule has 90 valence electrons. The van der Waals surface area contributed by atoms with Crippen LogP contribution in [0.15, 0.2) is 30.3 Å². The number of benzene rings is 1. The van der Waals surface area contributed by atoms with Gasteiger partial charge in [-0.3, -0.25) is 0 Å². The Morgan fingerprint density at radius 3 is 2.76 bits per heavy atom. The minimum absolute atomic E-state index is 0.447. The Hall–Kier alpha value is -1.97. The number of carbonyl (C=O) groups is 1. The molecule has 1 aromatic carbocycles. The van der Waals surface area contributed by atoms with Gasteiger partial charge in [-0.2, -0.15) is 0 Å². The van der Waals surface area contributed by atoms with E-state index in [2.05, 4.69) is 0 Å². The van der Waals surface area contributed by atoms with Crippen LogP contribution in [-0.4, -0.2) is 36.3 Å². The number of hydrogen-bond donors (Lipinski definition) is 1. The first-order chi connectivity index (χ1) is 8.22. The maximum Gasteiger partial charge on any atom is 0.407 e. The summed E-state index contributed by atoms with van der Waals surface area (Å²) in [4.78, 5) is 12.2. The zero-order valence-corrected chi connectivity index (χ0v) is 9.72. The summed E-state index contributed by atoms with van der Waals surface area (Å²) in [7, 11) is 1.64. The molecule has 0 aromatic heterocycles. The second kappa shape index (κ2) is 4.91. The largest absolute Gasteiger partial charge is 0.496 e. The first kappa shape index (κ1) is 11.5. The highest BCUT2D eigenvalue weighted by atomic mass is 16.5. The van der Waals surface area contributed by atoms with E-state index in [1.54, 1.807) is 7.11 Å². The third kappa shape index (κ3) is 2.41. The number of nitrogens with zero attached hydrogens (tertiary/aromatic N) is 1. The van der Waals surface area contributed by atoms with Crippen LogP contribution in [0.25, 0.3) is 5.57 Å². The lowest BCUT2D eigenvalue weighted by atomic mass is 9.99.